The number of rotatable bonds is 14. The average molecular weight is 417 g/mol. The molecule has 0 aliphatic carbocycles. The van der Waals surface area contributed by atoms with Crippen LogP contribution in [0.15, 0.2) is 4.99 Å². The monoisotopic (exact) mass is 417 g/mol. The Labute approximate surface area is 166 Å². The van der Waals surface area contributed by atoms with Gasteiger partial charge in [-0.25, -0.2) is 4.79 Å². The number of aliphatic carboxylic acids is 2. The van der Waals surface area contributed by atoms with Crippen LogP contribution in [0.2, 0.25) is 0 Å². The normalized spacial score (nSPS) is 13.4. The first-order valence-corrected chi connectivity index (χ1v) is 8.58. The molecule has 0 aromatic carbocycles. The Hall–Kier alpha value is -3.42. The lowest BCUT2D eigenvalue weighted by molar-refractivity contribution is -0.143. The number of nitrogens with zero attached hydrogens (tertiary/aromatic N) is 1. The molecule has 14 nitrogen and oxygen atoms in total. The van der Waals surface area contributed by atoms with E-state index in [4.69, 9.17) is 28.0 Å². The van der Waals surface area contributed by atoms with Crippen molar-refractivity contribution < 1.29 is 34.2 Å². The van der Waals surface area contributed by atoms with Gasteiger partial charge >= 0.3 is 11.9 Å². The maximum atomic E-state index is 12.4. The molecule has 0 aliphatic rings. The third-order valence-electron chi connectivity index (χ3n) is 3.60. The molecule has 0 saturated carbocycles. The smallest absolute Gasteiger partial charge is 0.326 e. The first-order chi connectivity index (χ1) is 13.4. The van der Waals surface area contributed by atoms with Crippen LogP contribution in [0.4, 0.5) is 0 Å². The van der Waals surface area contributed by atoms with Crippen LogP contribution < -0.4 is 33.6 Å². The van der Waals surface area contributed by atoms with Gasteiger partial charge in [0, 0.05) is 13.0 Å². The SMILES string of the molecule is NC(=O)CCC(NC(=O)C(N)CC(=O)O)C(=O)NC(CCCN=C(N)N)C(=O)O. The van der Waals surface area contributed by atoms with Crippen LogP contribution in [0.5, 0.6) is 0 Å². The molecule has 0 bridgehead atoms. The summed E-state index contributed by atoms with van der Waals surface area (Å²) in [4.78, 5) is 61.1. The Kier molecular flexibility index (Phi) is 11.4. The van der Waals surface area contributed by atoms with Crippen molar-refractivity contribution in [1.29, 1.82) is 0 Å². The van der Waals surface area contributed by atoms with Crippen molar-refractivity contribution >= 4 is 35.6 Å². The average Bonchev–Trinajstić information content (AvgIpc) is 2.59. The lowest BCUT2D eigenvalue weighted by Gasteiger charge is -2.22. The number of aliphatic imine (C=N–C) groups is 1. The fourth-order valence-electron chi connectivity index (χ4n) is 2.15. The van der Waals surface area contributed by atoms with Gasteiger partial charge in [-0.15, -0.1) is 0 Å². The van der Waals surface area contributed by atoms with E-state index in [2.05, 4.69) is 15.6 Å². The van der Waals surface area contributed by atoms with Crippen molar-refractivity contribution in [1.82, 2.24) is 10.6 Å². The molecule has 0 aromatic heterocycles. The fourth-order valence-corrected chi connectivity index (χ4v) is 2.15. The molecule has 3 unspecified atom stereocenters. The van der Waals surface area contributed by atoms with E-state index in [-0.39, 0.29) is 38.2 Å². The topological polar surface area (TPSA) is 266 Å². The van der Waals surface area contributed by atoms with E-state index < -0.39 is 54.2 Å². The van der Waals surface area contributed by atoms with E-state index in [0.717, 1.165) is 0 Å². The summed E-state index contributed by atoms with van der Waals surface area (Å²) in [7, 11) is 0. The van der Waals surface area contributed by atoms with E-state index in [1.165, 1.54) is 0 Å². The summed E-state index contributed by atoms with van der Waals surface area (Å²) >= 11 is 0. The maximum absolute atomic E-state index is 12.4. The van der Waals surface area contributed by atoms with Gasteiger partial charge in [0.25, 0.3) is 0 Å². The van der Waals surface area contributed by atoms with Gasteiger partial charge in [0.05, 0.1) is 12.5 Å². The summed E-state index contributed by atoms with van der Waals surface area (Å²) in [5.74, 6) is -5.40. The van der Waals surface area contributed by atoms with Gasteiger partial charge in [0.15, 0.2) is 5.96 Å². The lowest BCUT2D eigenvalue weighted by Crippen LogP contribution is -2.54. The van der Waals surface area contributed by atoms with Crippen LogP contribution in [0.3, 0.4) is 0 Å². The second-order valence-electron chi connectivity index (χ2n) is 6.12. The molecule has 0 spiro atoms. The highest BCUT2D eigenvalue weighted by Gasteiger charge is 2.28. The zero-order chi connectivity index (χ0) is 22.6. The lowest BCUT2D eigenvalue weighted by atomic mass is 10.1. The number of nitrogens with one attached hydrogen (secondary N) is 2. The van der Waals surface area contributed by atoms with Crippen molar-refractivity contribution in [3.63, 3.8) is 0 Å². The summed E-state index contributed by atoms with van der Waals surface area (Å²) in [6, 6.07) is -4.09. The highest BCUT2D eigenvalue weighted by atomic mass is 16.4. The number of nitrogens with two attached hydrogens (primary N) is 4. The van der Waals surface area contributed by atoms with Crippen molar-refractivity contribution in [3.05, 3.63) is 0 Å². The molecule has 0 rings (SSSR count). The first-order valence-electron chi connectivity index (χ1n) is 8.58. The Morgan fingerprint density at radius 1 is 0.897 bits per heavy atom. The number of guanidine groups is 1. The molecule has 3 amide bonds. The minimum absolute atomic E-state index is 0.00708. The largest absolute Gasteiger partial charge is 0.481 e. The molecule has 12 N–H and O–H groups in total. The minimum atomic E-state index is -1.44. The Bertz CT molecular complexity index is 649. The van der Waals surface area contributed by atoms with E-state index in [9.17, 15) is 29.1 Å². The van der Waals surface area contributed by atoms with Crippen LogP contribution in [0.25, 0.3) is 0 Å². The molecule has 0 radical (unpaired) electrons. The predicted octanol–water partition coefficient (Wildman–Crippen LogP) is -3.84. The third-order valence-corrected chi connectivity index (χ3v) is 3.60. The zero-order valence-electron chi connectivity index (χ0n) is 15.7. The Morgan fingerprint density at radius 2 is 1.48 bits per heavy atom. The highest BCUT2D eigenvalue weighted by Crippen LogP contribution is 2.04. The third kappa shape index (κ3) is 11.8. The standard InChI is InChI=1S/C15H27N7O7/c16-7(6-11(24)25)12(26)21-8(3-4-10(17)23)13(27)22-9(14(28)29)2-1-5-20-15(18)19/h7-9H,1-6,16H2,(H2,17,23)(H,21,26)(H,22,27)(H,24,25)(H,28,29)(H4,18,19,20). The number of primary amides is 1. The molecule has 0 aromatic rings. The van der Waals surface area contributed by atoms with Crippen molar-refractivity contribution in [2.24, 2.45) is 27.9 Å². The van der Waals surface area contributed by atoms with E-state index in [0.29, 0.717) is 0 Å². The molecule has 164 valence electrons. The summed E-state index contributed by atoms with van der Waals surface area (Å²) < 4.78 is 0. The van der Waals surface area contributed by atoms with Crippen molar-refractivity contribution in [3.8, 4) is 0 Å². The van der Waals surface area contributed by atoms with Gasteiger partial charge in [-0.1, -0.05) is 0 Å². The van der Waals surface area contributed by atoms with Crippen LogP contribution in [0.1, 0.15) is 32.1 Å². The van der Waals surface area contributed by atoms with Gasteiger partial charge in [-0.3, -0.25) is 24.2 Å². The second kappa shape index (κ2) is 12.9. The van der Waals surface area contributed by atoms with Gasteiger partial charge < -0.3 is 43.8 Å². The number of carbonyl (C=O) groups is 5. The number of hydrogen-bond donors (Lipinski definition) is 8. The molecule has 0 heterocycles. The molecule has 14 heteroatoms. The van der Waals surface area contributed by atoms with Crippen molar-refractivity contribution in [2.75, 3.05) is 6.54 Å². The summed E-state index contributed by atoms with van der Waals surface area (Å²) in [5.41, 5.74) is 20.8. The molecule has 3 atom stereocenters. The van der Waals surface area contributed by atoms with Crippen LogP contribution in [-0.2, 0) is 24.0 Å². The Balaban J connectivity index is 5.07. The van der Waals surface area contributed by atoms with E-state index >= 15 is 0 Å². The van der Waals surface area contributed by atoms with E-state index in [1.54, 1.807) is 0 Å². The van der Waals surface area contributed by atoms with Gasteiger partial charge in [0.2, 0.25) is 17.7 Å². The summed E-state index contributed by atoms with van der Waals surface area (Å²) in [6.07, 6.45) is -0.954. The maximum Gasteiger partial charge on any atom is 0.326 e. The number of carbonyl (C=O) groups excluding carboxylic acids is 3. The predicted molar refractivity (Wildman–Crippen MR) is 100 cm³/mol. The van der Waals surface area contributed by atoms with Crippen LogP contribution >= 0.6 is 0 Å². The number of carboxylic acid groups (broad SMARTS) is 2. The number of amides is 3. The molecule has 0 aliphatic heterocycles. The second-order valence-corrected chi connectivity index (χ2v) is 6.12. The van der Waals surface area contributed by atoms with Crippen LogP contribution in [0, 0.1) is 0 Å². The summed E-state index contributed by atoms with van der Waals surface area (Å²) in [5, 5.41) is 22.4. The van der Waals surface area contributed by atoms with Gasteiger partial charge in [-0.05, 0) is 19.3 Å². The molecule has 29 heavy (non-hydrogen) atoms. The quantitative estimate of drug-likeness (QED) is 0.0774. The van der Waals surface area contributed by atoms with Gasteiger partial charge in [-0.2, -0.15) is 0 Å². The van der Waals surface area contributed by atoms with Gasteiger partial charge in [0.1, 0.15) is 12.1 Å². The molecular weight excluding hydrogens is 390 g/mol. The molecule has 0 saturated heterocycles. The van der Waals surface area contributed by atoms with Crippen molar-refractivity contribution in [2.45, 2.75) is 50.2 Å². The number of hydrogen-bond acceptors (Lipinski definition) is 7. The van der Waals surface area contributed by atoms with Crippen LogP contribution in [-0.4, -0.2) is 70.5 Å². The number of carboxylic acids is 2. The minimum Gasteiger partial charge on any atom is -0.481 e. The fraction of sp³-hybridized carbons (Fsp3) is 0.600. The first kappa shape index (κ1) is 25.6. The highest BCUT2D eigenvalue weighted by molar-refractivity contribution is 5.93. The molecular formula is C15H27N7O7. The molecule has 0 fully saturated rings. The Morgan fingerprint density at radius 3 is 1.97 bits per heavy atom. The summed E-state index contributed by atoms with van der Waals surface area (Å²) in [6.45, 7) is 0.147. The zero-order valence-corrected chi connectivity index (χ0v) is 15.7. The van der Waals surface area contributed by atoms with E-state index in [1.807, 2.05) is 0 Å².